The molecule has 14 heavy (non-hydrogen) atoms. The third-order valence-corrected chi connectivity index (χ3v) is 2.33. The Morgan fingerprint density at radius 1 is 1.07 bits per heavy atom. The lowest BCUT2D eigenvalue weighted by Crippen LogP contribution is -1.82. The smallest absolute Gasteiger partial charge is 0.0346 e. The van der Waals surface area contributed by atoms with Crippen LogP contribution < -0.4 is 0 Å². The van der Waals surface area contributed by atoms with Crippen molar-refractivity contribution in [3.05, 3.63) is 54.4 Å². The molecular formula is C13H13N. The Morgan fingerprint density at radius 3 is 2.64 bits per heavy atom. The Labute approximate surface area is 84.4 Å². The van der Waals surface area contributed by atoms with Crippen molar-refractivity contribution in [1.82, 2.24) is 4.98 Å². The molecule has 0 atom stereocenters. The molecule has 0 unspecified atom stereocenters. The van der Waals surface area contributed by atoms with Gasteiger partial charge < -0.3 is 0 Å². The van der Waals surface area contributed by atoms with Gasteiger partial charge >= 0.3 is 0 Å². The Balaban J connectivity index is 2.42. The highest BCUT2D eigenvalue weighted by molar-refractivity contribution is 5.62. The summed E-state index contributed by atoms with van der Waals surface area (Å²) in [6, 6.07) is 12.6. The number of benzene rings is 1. The van der Waals surface area contributed by atoms with Gasteiger partial charge in [0.1, 0.15) is 0 Å². The van der Waals surface area contributed by atoms with Gasteiger partial charge in [0.2, 0.25) is 0 Å². The molecule has 1 nitrogen and oxygen atoms in total. The molecule has 0 fully saturated rings. The molecule has 0 aliphatic rings. The first-order valence-corrected chi connectivity index (χ1v) is 4.89. The van der Waals surface area contributed by atoms with Gasteiger partial charge in [-0.25, -0.2) is 0 Å². The summed E-state index contributed by atoms with van der Waals surface area (Å²) in [6.07, 6.45) is 4.77. The molecule has 1 aromatic heterocycles. The van der Waals surface area contributed by atoms with Crippen molar-refractivity contribution in [3.8, 4) is 11.1 Å². The number of aryl methyl sites for hydroxylation is 1. The molecule has 1 heterocycles. The molecule has 0 N–H and O–H groups in total. The van der Waals surface area contributed by atoms with E-state index in [9.17, 15) is 0 Å². The van der Waals surface area contributed by atoms with Crippen molar-refractivity contribution in [2.75, 3.05) is 0 Å². The summed E-state index contributed by atoms with van der Waals surface area (Å²) in [5, 5.41) is 0. The van der Waals surface area contributed by atoms with E-state index in [0.717, 1.165) is 6.42 Å². The topological polar surface area (TPSA) is 12.9 Å². The molecule has 0 saturated heterocycles. The van der Waals surface area contributed by atoms with Crippen molar-refractivity contribution in [1.29, 1.82) is 0 Å². The molecule has 0 aliphatic heterocycles. The maximum Gasteiger partial charge on any atom is 0.0346 e. The van der Waals surface area contributed by atoms with E-state index in [1.165, 1.54) is 16.7 Å². The quantitative estimate of drug-likeness (QED) is 0.696. The van der Waals surface area contributed by atoms with Crippen LogP contribution in [0.25, 0.3) is 11.1 Å². The highest BCUT2D eigenvalue weighted by Gasteiger charge is 1.97. The van der Waals surface area contributed by atoms with E-state index < -0.39 is 0 Å². The Kier molecular flexibility index (Phi) is 2.59. The lowest BCUT2D eigenvalue weighted by atomic mass is 10.0. The monoisotopic (exact) mass is 183 g/mol. The van der Waals surface area contributed by atoms with Crippen molar-refractivity contribution < 1.29 is 0 Å². The van der Waals surface area contributed by atoms with Gasteiger partial charge in [0.25, 0.3) is 0 Å². The standard InChI is InChI=1S/C13H13N/c1-2-11-5-3-6-12(9-11)13-7-4-8-14-10-13/h3-10H,2H2,1H3. The minimum absolute atomic E-state index is 1.08. The second kappa shape index (κ2) is 4.05. The summed E-state index contributed by atoms with van der Waals surface area (Å²) >= 11 is 0. The van der Waals surface area contributed by atoms with Crippen LogP contribution in [0.4, 0.5) is 0 Å². The fraction of sp³-hybridized carbons (Fsp3) is 0.154. The van der Waals surface area contributed by atoms with Crippen LogP contribution in [-0.2, 0) is 6.42 Å². The number of pyridine rings is 1. The number of hydrogen-bond acceptors (Lipinski definition) is 1. The molecule has 0 amide bonds. The second-order valence-electron chi connectivity index (χ2n) is 3.30. The Bertz CT molecular complexity index is 407. The number of aromatic nitrogens is 1. The highest BCUT2D eigenvalue weighted by Crippen LogP contribution is 2.19. The number of rotatable bonds is 2. The number of hydrogen-bond donors (Lipinski definition) is 0. The summed E-state index contributed by atoms with van der Waals surface area (Å²) in [5.41, 5.74) is 3.80. The van der Waals surface area contributed by atoms with Gasteiger partial charge in [0.15, 0.2) is 0 Å². The maximum absolute atomic E-state index is 4.12. The summed E-state index contributed by atoms with van der Waals surface area (Å²) in [6.45, 7) is 2.17. The van der Waals surface area contributed by atoms with Crippen LogP contribution in [0, 0.1) is 0 Å². The van der Waals surface area contributed by atoms with E-state index >= 15 is 0 Å². The first kappa shape index (κ1) is 8.95. The minimum Gasteiger partial charge on any atom is -0.264 e. The summed E-state index contributed by atoms with van der Waals surface area (Å²) in [7, 11) is 0. The van der Waals surface area contributed by atoms with Gasteiger partial charge in [-0.2, -0.15) is 0 Å². The Morgan fingerprint density at radius 2 is 1.93 bits per heavy atom. The molecule has 0 radical (unpaired) electrons. The van der Waals surface area contributed by atoms with Crippen molar-refractivity contribution in [3.63, 3.8) is 0 Å². The predicted molar refractivity (Wildman–Crippen MR) is 59.1 cm³/mol. The van der Waals surface area contributed by atoms with E-state index in [-0.39, 0.29) is 0 Å². The van der Waals surface area contributed by atoms with E-state index in [1.54, 1.807) is 6.20 Å². The third-order valence-electron chi connectivity index (χ3n) is 2.33. The van der Waals surface area contributed by atoms with E-state index in [4.69, 9.17) is 0 Å². The van der Waals surface area contributed by atoms with E-state index in [2.05, 4.69) is 42.2 Å². The first-order chi connectivity index (χ1) is 6.90. The molecule has 0 spiro atoms. The lowest BCUT2D eigenvalue weighted by molar-refractivity contribution is 1.14. The van der Waals surface area contributed by atoms with Gasteiger partial charge in [-0.1, -0.05) is 37.3 Å². The minimum atomic E-state index is 1.08. The van der Waals surface area contributed by atoms with Crippen LogP contribution in [0.3, 0.4) is 0 Å². The molecule has 0 saturated carbocycles. The van der Waals surface area contributed by atoms with Gasteiger partial charge in [-0.3, -0.25) is 4.98 Å². The first-order valence-electron chi connectivity index (χ1n) is 4.89. The molecule has 0 bridgehead atoms. The molecule has 0 aliphatic carbocycles. The van der Waals surface area contributed by atoms with E-state index in [1.807, 2.05) is 12.3 Å². The SMILES string of the molecule is CCc1cccc(-c2cccnc2)c1. The summed E-state index contributed by atoms with van der Waals surface area (Å²) < 4.78 is 0. The normalized spacial score (nSPS) is 10.1. The highest BCUT2D eigenvalue weighted by atomic mass is 14.6. The molecule has 70 valence electrons. The zero-order valence-corrected chi connectivity index (χ0v) is 8.27. The van der Waals surface area contributed by atoms with E-state index in [0.29, 0.717) is 0 Å². The zero-order valence-electron chi connectivity index (χ0n) is 8.27. The van der Waals surface area contributed by atoms with Gasteiger partial charge in [0, 0.05) is 12.4 Å². The van der Waals surface area contributed by atoms with Gasteiger partial charge in [0.05, 0.1) is 0 Å². The van der Waals surface area contributed by atoms with Crippen molar-refractivity contribution in [2.45, 2.75) is 13.3 Å². The fourth-order valence-corrected chi connectivity index (χ4v) is 1.50. The summed E-state index contributed by atoms with van der Waals surface area (Å²) in [5.74, 6) is 0. The van der Waals surface area contributed by atoms with Crippen LogP contribution in [0.5, 0.6) is 0 Å². The van der Waals surface area contributed by atoms with Crippen molar-refractivity contribution in [2.24, 2.45) is 0 Å². The molecular weight excluding hydrogens is 170 g/mol. The molecule has 1 aromatic carbocycles. The average Bonchev–Trinajstić information content (AvgIpc) is 2.30. The predicted octanol–water partition coefficient (Wildman–Crippen LogP) is 3.31. The van der Waals surface area contributed by atoms with Gasteiger partial charge in [-0.05, 0) is 29.2 Å². The third kappa shape index (κ3) is 1.82. The second-order valence-corrected chi connectivity index (χ2v) is 3.30. The van der Waals surface area contributed by atoms with Crippen LogP contribution >= 0.6 is 0 Å². The number of nitrogens with zero attached hydrogens (tertiary/aromatic N) is 1. The van der Waals surface area contributed by atoms with Crippen LogP contribution in [-0.4, -0.2) is 4.98 Å². The molecule has 2 rings (SSSR count). The van der Waals surface area contributed by atoms with Crippen molar-refractivity contribution >= 4 is 0 Å². The summed E-state index contributed by atoms with van der Waals surface area (Å²) in [4.78, 5) is 4.12. The molecule has 1 heteroatoms. The largest absolute Gasteiger partial charge is 0.264 e. The van der Waals surface area contributed by atoms with Crippen LogP contribution in [0.1, 0.15) is 12.5 Å². The zero-order chi connectivity index (χ0) is 9.80. The van der Waals surface area contributed by atoms with Crippen LogP contribution in [0.15, 0.2) is 48.8 Å². The Hall–Kier alpha value is -1.63. The average molecular weight is 183 g/mol. The molecule has 2 aromatic rings. The lowest BCUT2D eigenvalue weighted by Gasteiger charge is -2.02. The van der Waals surface area contributed by atoms with Crippen LogP contribution in [0.2, 0.25) is 0 Å². The fourth-order valence-electron chi connectivity index (χ4n) is 1.50. The van der Waals surface area contributed by atoms with Gasteiger partial charge in [-0.15, -0.1) is 0 Å². The maximum atomic E-state index is 4.12.